The Morgan fingerprint density at radius 1 is 1.07 bits per heavy atom. The lowest BCUT2D eigenvalue weighted by molar-refractivity contribution is -0.115. The van der Waals surface area contributed by atoms with Crippen molar-refractivity contribution >= 4 is 29.0 Å². The van der Waals surface area contributed by atoms with Crippen LogP contribution in [-0.4, -0.2) is 36.7 Å². The van der Waals surface area contributed by atoms with Crippen LogP contribution >= 0.6 is 0 Å². The summed E-state index contributed by atoms with van der Waals surface area (Å²) in [4.78, 5) is 38.5. The van der Waals surface area contributed by atoms with E-state index >= 15 is 0 Å². The molecule has 0 aliphatic carbocycles. The Bertz CT molecular complexity index is 919. The summed E-state index contributed by atoms with van der Waals surface area (Å²) in [5.74, 6) is -0.218. The molecule has 1 heterocycles. The highest BCUT2D eigenvalue weighted by molar-refractivity contribution is 5.99. The number of carbonyl (C=O) groups is 3. The minimum Gasteiger partial charge on any atom is -0.362 e. The van der Waals surface area contributed by atoms with E-state index in [1.54, 1.807) is 24.3 Å². The van der Waals surface area contributed by atoms with E-state index in [9.17, 15) is 14.4 Å². The number of fused-ring (bicyclic) bond motifs is 1. The second-order valence-corrected chi connectivity index (χ2v) is 7.64. The first-order chi connectivity index (χ1) is 13.8. The third-order valence-corrected chi connectivity index (χ3v) is 4.92. The molecule has 0 fully saturated rings. The van der Waals surface area contributed by atoms with Crippen molar-refractivity contribution in [2.24, 2.45) is 0 Å². The first-order valence-corrected chi connectivity index (χ1v) is 9.93. The van der Waals surface area contributed by atoms with E-state index in [-0.39, 0.29) is 30.2 Å². The highest BCUT2D eigenvalue weighted by atomic mass is 16.2. The lowest BCUT2D eigenvalue weighted by Crippen LogP contribution is -2.38. The van der Waals surface area contributed by atoms with Crippen LogP contribution in [0.1, 0.15) is 53.5 Å². The Morgan fingerprint density at radius 2 is 1.79 bits per heavy atom. The van der Waals surface area contributed by atoms with Gasteiger partial charge in [0.15, 0.2) is 5.78 Å². The molecule has 0 radical (unpaired) electrons. The smallest absolute Gasteiger partial charge is 0.251 e. The van der Waals surface area contributed by atoms with Crippen molar-refractivity contribution in [2.75, 3.05) is 23.3 Å². The molecular weight excluding hydrogens is 366 g/mol. The van der Waals surface area contributed by atoms with E-state index in [1.165, 1.54) is 6.92 Å². The molecule has 2 N–H and O–H groups in total. The summed E-state index contributed by atoms with van der Waals surface area (Å²) >= 11 is 0. The molecule has 0 unspecified atom stereocenters. The molecule has 2 amide bonds. The van der Waals surface area contributed by atoms with E-state index in [0.717, 1.165) is 30.6 Å². The van der Waals surface area contributed by atoms with Gasteiger partial charge < -0.3 is 15.5 Å². The molecule has 0 spiro atoms. The van der Waals surface area contributed by atoms with Gasteiger partial charge in [0.2, 0.25) is 5.91 Å². The zero-order chi connectivity index (χ0) is 21.0. The fourth-order valence-electron chi connectivity index (χ4n) is 3.58. The Kier molecular flexibility index (Phi) is 6.32. The Labute approximate surface area is 171 Å². The average Bonchev–Trinajstić information content (AvgIpc) is 2.67. The number of rotatable bonds is 6. The van der Waals surface area contributed by atoms with E-state index in [0.29, 0.717) is 16.8 Å². The molecule has 0 aromatic heterocycles. The van der Waals surface area contributed by atoms with E-state index in [4.69, 9.17) is 0 Å². The standard InChI is InChI=1S/C23H27N3O3/c1-15(2)24-23(29)20-6-4-8-21-19(20)7-5-13-26(21)14-22(28)25-18-11-9-17(10-12-18)16(3)27/h4,6,8-12,15H,5,7,13-14H2,1-3H3,(H,24,29)(H,25,28). The second kappa shape index (κ2) is 8.90. The molecule has 1 aliphatic heterocycles. The molecule has 0 atom stereocenters. The molecule has 6 heteroatoms. The molecule has 0 saturated carbocycles. The van der Waals surface area contributed by atoms with Crippen molar-refractivity contribution in [1.29, 1.82) is 0 Å². The summed E-state index contributed by atoms with van der Waals surface area (Å²) in [5, 5.41) is 5.83. The van der Waals surface area contributed by atoms with Crippen LogP contribution in [0.15, 0.2) is 42.5 Å². The predicted molar refractivity (Wildman–Crippen MR) is 115 cm³/mol. The van der Waals surface area contributed by atoms with Gasteiger partial charge in [0.25, 0.3) is 5.91 Å². The summed E-state index contributed by atoms with van der Waals surface area (Å²) < 4.78 is 0. The van der Waals surface area contributed by atoms with Crippen LogP contribution in [0.25, 0.3) is 0 Å². The summed E-state index contributed by atoms with van der Waals surface area (Å²) in [7, 11) is 0. The molecule has 3 rings (SSSR count). The normalized spacial score (nSPS) is 13.0. The van der Waals surface area contributed by atoms with Gasteiger partial charge in [0, 0.05) is 35.1 Å². The fourth-order valence-corrected chi connectivity index (χ4v) is 3.58. The summed E-state index contributed by atoms with van der Waals surface area (Å²) in [6, 6.07) is 12.6. The number of ketones is 1. The van der Waals surface area contributed by atoms with Crippen molar-refractivity contribution in [3.8, 4) is 0 Å². The van der Waals surface area contributed by atoms with E-state index < -0.39 is 0 Å². The minimum atomic E-state index is -0.134. The van der Waals surface area contributed by atoms with Gasteiger partial charge in [-0.1, -0.05) is 6.07 Å². The molecule has 152 valence electrons. The Balaban J connectivity index is 1.72. The van der Waals surface area contributed by atoms with Gasteiger partial charge in [-0.25, -0.2) is 0 Å². The van der Waals surface area contributed by atoms with Crippen LogP contribution in [0, 0.1) is 0 Å². The second-order valence-electron chi connectivity index (χ2n) is 7.64. The summed E-state index contributed by atoms with van der Waals surface area (Å²) in [6.45, 7) is 6.35. The van der Waals surface area contributed by atoms with Gasteiger partial charge in [-0.05, 0) is 75.6 Å². The van der Waals surface area contributed by atoms with Gasteiger partial charge in [-0.15, -0.1) is 0 Å². The van der Waals surface area contributed by atoms with Crippen LogP contribution in [0.5, 0.6) is 0 Å². The van der Waals surface area contributed by atoms with Gasteiger partial charge in [-0.2, -0.15) is 0 Å². The van der Waals surface area contributed by atoms with Gasteiger partial charge in [0.05, 0.1) is 6.54 Å². The van der Waals surface area contributed by atoms with Crippen molar-refractivity contribution < 1.29 is 14.4 Å². The summed E-state index contributed by atoms with van der Waals surface area (Å²) in [5.41, 5.74) is 3.88. The number of Topliss-reactive ketones (excluding diaryl/α,β-unsaturated/α-hetero) is 1. The quantitative estimate of drug-likeness (QED) is 0.737. The third kappa shape index (κ3) is 5.02. The Morgan fingerprint density at radius 3 is 2.45 bits per heavy atom. The van der Waals surface area contributed by atoms with E-state index in [1.807, 2.05) is 36.9 Å². The van der Waals surface area contributed by atoms with Gasteiger partial charge in [-0.3, -0.25) is 14.4 Å². The van der Waals surface area contributed by atoms with Crippen LogP contribution < -0.4 is 15.5 Å². The van der Waals surface area contributed by atoms with E-state index in [2.05, 4.69) is 10.6 Å². The average molecular weight is 393 g/mol. The fraction of sp³-hybridized carbons (Fsp3) is 0.348. The molecule has 2 aromatic carbocycles. The number of anilines is 2. The summed E-state index contributed by atoms with van der Waals surface area (Å²) in [6.07, 6.45) is 1.71. The zero-order valence-electron chi connectivity index (χ0n) is 17.1. The minimum absolute atomic E-state index is 0.00916. The van der Waals surface area contributed by atoms with Crippen molar-refractivity contribution in [2.45, 2.75) is 39.7 Å². The van der Waals surface area contributed by atoms with Crippen LogP contribution in [0.3, 0.4) is 0 Å². The first kappa shape index (κ1) is 20.6. The van der Waals surface area contributed by atoms with Crippen LogP contribution in [0.4, 0.5) is 11.4 Å². The van der Waals surface area contributed by atoms with Crippen molar-refractivity contribution in [1.82, 2.24) is 5.32 Å². The molecule has 2 aromatic rings. The molecule has 1 aliphatic rings. The number of nitrogens with zero attached hydrogens (tertiary/aromatic N) is 1. The number of nitrogens with one attached hydrogen (secondary N) is 2. The monoisotopic (exact) mass is 393 g/mol. The lowest BCUT2D eigenvalue weighted by Gasteiger charge is -2.32. The third-order valence-electron chi connectivity index (χ3n) is 4.92. The molecule has 6 nitrogen and oxygen atoms in total. The van der Waals surface area contributed by atoms with Crippen molar-refractivity contribution in [3.63, 3.8) is 0 Å². The number of hydrogen-bond acceptors (Lipinski definition) is 4. The van der Waals surface area contributed by atoms with Gasteiger partial charge >= 0.3 is 0 Å². The Hall–Kier alpha value is -3.15. The maximum absolute atomic E-state index is 12.6. The maximum Gasteiger partial charge on any atom is 0.251 e. The topological polar surface area (TPSA) is 78.5 Å². The van der Waals surface area contributed by atoms with Gasteiger partial charge in [0.1, 0.15) is 0 Å². The SMILES string of the molecule is CC(=O)c1ccc(NC(=O)CN2CCCc3c(C(=O)NC(C)C)cccc32)cc1. The highest BCUT2D eigenvalue weighted by Crippen LogP contribution is 2.30. The number of hydrogen-bond donors (Lipinski definition) is 2. The molecule has 29 heavy (non-hydrogen) atoms. The highest BCUT2D eigenvalue weighted by Gasteiger charge is 2.23. The number of amides is 2. The number of carbonyl (C=O) groups excluding carboxylic acids is 3. The number of benzene rings is 2. The first-order valence-electron chi connectivity index (χ1n) is 9.93. The maximum atomic E-state index is 12.6. The largest absolute Gasteiger partial charge is 0.362 e. The molecular formula is C23H27N3O3. The lowest BCUT2D eigenvalue weighted by atomic mass is 9.95. The molecule has 0 saturated heterocycles. The predicted octanol–water partition coefficient (Wildman–Crippen LogP) is 3.42. The van der Waals surface area contributed by atoms with Crippen molar-refractivity contribution in [3.05, 3.63) is 59.2 Å². The zero-order valence-corrected chi connectivity index (χ0v) is 17.1. The molecule has 0 bridgehead atoms. The van der Waals surface area contributed by atoms with Crippen LogP contribution in [0.2, 0.25) is 0 Å². The van der Waals surface area contributed by atoms with Crippen LogP contribution in [-0.2, 0) is 11.2 Å².